The standard InChI is InChI=1S/C11H12N4O4S2/c12-20(16,17)9-1-2-10-8(7-9)4-6-15(10)21(18,19)11-3-5-13-14-11/h1-3,5,7H,4,6H2,(H,13,14)(H2,12,16,17). The van der Waals surface area contributed by atoms with E-state index < -0.39 is 20.0 Å². The van der Waals surface area contributed by atoms with Crippen LogP contribution in [0.5, 0.6) is 0 Å². The van der Waals surface area contributed by atoms with Crippen LogP contribution in [-0.2, 0) is 26.5 Å². The van der Waals surface area contributed by atoms with Crippen molar-refractivity contribution in [2.75, 3.05) is 10.8 Å². The fourth-order valence-electron chi connectivity index (χ4n) is 2.28. The normalized spacial score (nSPS) is 15.2. The molecule has 2 heterocycles. The molecule has 0 spiro atoms. The Labute approximate surface area is 121 Å². The Hall–Kier alpha value is -1.91. The molecule has 0 saturated heterocycles. The maximum absolute atomic E-state index is 12.5. The van der Waals surface area contributed by atoms with Crippen molar-refractivity contribution in [2.45, 2.75) is 16.3 Å². The minimum absolute atomic E-state index is 0.00845. The number of anilines is 1. The van der Waals surface area contributed by atoms with Crippen molar-refractivity contribution < 1.29 is 16.8 Å². The number of aromatic amines is 1. The Morgan fingerprint density at radius 1 is 1.19 bits per heavy atom. The molecule has 0 bridgehead atoms. The number of nitrogens with zero attached hydrogens (tertiary/aromatic N) is 2. The Kier molecular flexibility index (Phi) is 3.04. The van der Waals surface area contributed by atoms with E-state index in [9.17, 15) is 16.8 Å². The van der Waals surface area contributed by atoms with E-state index in [1.807, 2.05) is 0 Å². The highest BCUT2D eigenvalue weighted by Gasteiger charge is 2.32. The lowest BCUT2D eigenvalue weighted by molar-refractivity contribution is 0.588. The molecule has 0 amide bonds. The largest absolute Gasteiger partial charge is 0.281 e. The Morgan fingerprint density at radius 2 is 1.95 bits per heavy atom. The predicted octanol–water partition coefficient (Wildman–Crippen LogP) is -0.191. The summed E-state index contributed by atoms with van der Waals surface area (Å²) in [4.78, 5) is -0.0259. The number of sulfonamides is 2. The molecule has 2 aromatic rings. The SMILES string of the molecule is NS(=O)(=O)c1ccc2c(c1)CCN2S(=O)(=O)c1ccn[nH]1. The Balaban J connectivity index is 2.06. The van der Waals surface area contributed by atoms with E-state index in [-0.39, 0.29) is 16.5 Å². The van der Waals surface area contributed by atoms with Gasteiger partial charge in [-0.2, -0.15) is 13.5 Å². The van der Waals surface area contributed by atoms with Crippen molar-refractivity contribution in [3.63, 3.8) is 0 Å². The number of nitrogens with one attached hydrogen (secondary N) is 1. The summed E-state index contributed by atoms with van der Waals surface area (Å²) >= 11 is 0. The smallest absolute Gasteiger partial charge is 0.266 e. The molecule has 1 aliphatic heterocycles. The summed E-state index contributed by atoms with van der Waals surface area (Å²) in [5.41, 5.74) is 1.08. The van der Waals surface area contributed by atoms with Gasteiger partial charge in [-0.25, -0.2) is 13.6 Å². The second-order valence-corrected chi connectivity index (χ2v) is 7.98. The number of nitrogens with two attached hydrogens (primary N) is 1. The van der Waals surface area contributed by atoms with Gasteiger partial charge in [0.15, 0.2) is 5.03 Å². The summed E-state index contributed by atoms with van der Waals surface area (Å²) in [5, 5.41) is 11.1. The van der Waals surface area contributed by atoms with Crippen LogP contribution in [0.1, 0.15) is 5.56 Å². The average Bonchev–Trinajstić information content (AvgIpc) is 3.07. The van der Waals surface area contributed by atoms with Crippen LogP contribution < -0.4 is 9.44 Å². The van der Waals surface area contributed by atoms with E-state index >= 15 is 0 Å². The molecule has 21 heavy (non-hydrogen) atoms. The van der Waals surface area contributed by atoms with Crippen molar-refractivity contribution in [3.05, 3.63) is 36.0 Å². The third-order valence-corrected chi connectivity index (χ3v) is 5.93. The van der Waals surface area contributed by atoms with Crippen LogP contribution in [0.2, 0.25) is 0 Å². The number of rotatable bonds is 3. The van der Waals surface area contributed by atoms with Crippen LogP contribution in [0.15, 0.2) is 40.4 Å². The molecule has 1 aliphatic rings. The molecule has 8 nitrogen and oxygen atoms in total. The lowest BCUT2D eigenvalue weighted by Gasteiger charge is -2.18. The zero-order valence-corrected chi connectivity index (χ0v) is 12.4. The number of hydrogen-bond acceptors (Lipinski definition) is 5. The first-order valence-electron chi connectivity index (χ1n) is 5.98. The summed E-state index contributed by atoms with van der Waals surface area (Å²) in [6.45, 7) is 0.241. The van der Waals surface area contributed by atoms with Gasteiger partial charge in [0.2, 0.25) is 10.0 Å². The minimum Gasteiger partial charge on any atom is -0.266 e. The van der Waals surface area contributed by atoms with Crippen molar-refractivity contribution >= 4 is 25.7 Å². The highest BCUT2D eigenvalue weighted by molar-refractivity contribution is 7.92. The quantitative estimate of drug-likeness (QED) is 0.807. The van der Waals surface area contributed by atoms with Crippen LogP contribution in [0.3, 0.4) is 0 Å². The lowest BCUT2D eigenvalue weighted by atomic mass is 10.2. The number of hydrogen-bond donors (Lipinski definition) is 2. The molecule has 0 atom stereocenters. The van der Waals surface area contributed by atoms with E-state index in [1.165, 1.54) is 34.8 Å². The van der Waals surface area contributed by atoms with Gasteiger partial charge in [-0.3, -0.25) is 9.40 Å². The maximum atomic E-state index is 12.5. The first-order valence-corrected chi connectivity index (χ1v) is 8.96. The van der Waals surface area contributed by atoms with Crippen LogP contribution in [0, 0.1) is 0 Å². The number of fused-ring (bicyclic) bond motifs is 1. The molecular formula is C11H12N4O4S2. The van der Waals surface area contributed by atoms with E-state index in [2.05, 4.69) is 10.2 Å². The number of benzene rings is 1. The molecule has 10 heteroatoms. The second-order valence-electron chi connectivity index (χ2n) is 4.58. The molecule has 1 aromatic carbocycles. The highest BCUT2D eigenvalue weighted by Crippen LogP contribution is 2.33. The van der Waals surface area contributed by atoms with Crippen LogP contribution in [0.25, 0.3) is 0 Å². The van der Waals surface area contributed by atoms with Crippen molar-refractivity contribution in [1.82, 2.24) is 10.2 Å². The van der Waals surface area contributed by atoms with Gasteiger partial charge in [0.25, 0.3) is 10.0 Å². The van der Waals surface area contributed by atoms with E-state index in [4.69, 9.17) is 5.14 Å². The Bertz CT molecular complexity index is 888. The van der Waals surface area contributed by atoms with Gasteiger partial charge in [-0.05, 0) is 36.2 Å². The van der Waals surface area contributed by atoms with E-state index in [1.54, 1.807) is 0 Å². The van der Waals surface area contributed by atoms with E-state index in [0.717, 1.165) is 0 Å². The average molecular weight is 328 g/mol. The zero-order valence-electron chi connectivity index (χ0n) is 10.7. The zero-order chi connectivity index (χ0) is 15.3. The molecular weight excluding hydrogens is 316 g/mol. The molecule has 0 unspecified atom stereocenters. The molecule has 112 valence electrons. The number of aromatic nitrogens is 2. The lowest BCUT2D eigenvalue weighted by Crippen LogP contribution is -2.29. The van der Waals surface area contributed by atoms with Gasteiger partial charge in [-0.1, -0.05) is 0 Å². The Morgan fingerprint density at radius 3 is 2.57 bits per heavy atom. The third-order valence-electron chi connectivity index (χ3n) is 3.28. The summed E-state index contributed by atoms with van der Waals surface area (Å²) in [6, 6.07) is 5.53. The molecule has 3 N–H and O–H groups in total. The molecule has 1 aromatic heterocycles. The minimum atomic E-state index is -3.80. The van der Waals surface area contributed by atoms with Crippen molar-refractivity contribution in [3.8, 4) is 0 Å². The number of primary sulfonamides is 1. The molecule has 3 rings (SSSR count). The van der Waals surface area contributed by atoms with Crippen molar-refractivity contribution in [1.29, 1.82) is 0 Å². The summed E-state index contributed by atoms with van der Waals surface area (Å²) in [5.74, 6) is 0. The van der Waals surface area contributed by atoms with Gasteiger partial charge >= 0.3 is 0 Å². The van der Waals surface area contributed by atoms with Crippen LogP contribution >= 0.6 is 0 Å². The predicted molar refractivity (Wildman–Crippen MR) is 74.6 cm³/mol. The first kappa shape index (κ1) is 14.0. The van der Waals surface area contributed by atoms with Gasteiger partial charge in [0.1, 0.15) is 0 Å². The van der Waals surface area contributed by atoms with Crippen molar-refractivity contribution in [2.24, 2.45) is 5.14 Å². The van der Waals surface area contributed by atoms with Gasteiger partial charge in [0.05, 0.1) is 16.8 Å². The second kappa shape index (κ2) is 4.55. The third kappa shape index (κ3) is 2.30. The summed E-state index contributed by atoms with van der Waals surface area (Å²) in [7, 11) is -7.53. The number of H-pyrrole nitrogens is 1. The first-order chi connectivity index (χ1) is 9.80. The van der Waals surface area contributed by atoms with Gasteiger partial charge in [0, 0.05) is 6.54 Å². The molecule has 0 radical (unpaired) electrons. The monoisotopic (exact) mass is 328 g/mol. The topological polar surface area (TPSA) is 126 Å². The van der Waals surface area contributed by atoms with Crippen LogP contribution in [0.4, 0.5) is 5.69 Å². The fraction of sp³-hybridized carbons (Fsp3) is 0.182. The van der Waals surface area contributed by atoms with Gasteiger partial charge in [-0.15, -0.1) is 0 Å². The molecule has 0 saturated carbocycles. The highest BCUT2D eigenvalue weighted by atomic mass is 32.2. The summed E-state index contributed by atoms with van der Waals surface area (Å²) in [6.07, 6.45) is 1.78. The molecule has 0 fully saturated rings. The summed E-state index contributed by atoms with van der Waals surface area (Å²) < 4.78 is 48.8. The van der Waals surface area contributed by atoms with Gasteiger partial charge < -0.3 is 0 Å². The maximum Gasteiger partial charge on any atom is 0.281 e. The fourth-order valence-corrected chi connectivity index (χ4v) is 4.25. The van der Waals surface area contributed by atoms with E-state index in [0.29, 0.717) is 17.7 Å². The molecule has 0 aliphatic carbocycles. The van der Waals surface area contributed by atoms with Crippen LogP contribution in [-0.4, -0.2) is 33.6 Å².